The minimum Gasteiger partial charge on any atom is -0.478 e. The molecule has 0 amide bonds. The molecule has 0 aliphatic rings. The zero-order chi connectivity index (χ0) is 14.3. The van der Waals surface area contributed by atoms with Gasteiger partial charge in [0.1, 0.15) is 11.6 Å². The van der Waals surface area contributed by atoms with Crippen LogP contribution in [0.5, 0.6) is 0 Å². The highest BCUT2D eigenvalue weighted by Crippen LogP contribution is 2.26. The summed E-state index contributed by atoms with van der Waals surface area (Å²) in [7, 11) is 0. The molecule has 2 heterocycles. The Labute approximate surface area is 118 Å². The molecule has 0 aliphatic carbocycles. The van der Waals surface area contributed by atoms with Gasteiger partial charge in [0, 0.05) is 11.8 Å². The lowest BCUT2D eigenvalue weighted by Gasteiger charge is -2.03. The van der Waals surface area contributed by atoms with E-state index in [2.05, 4.69) is 4.98 Å². The molecule has 1 aromatic carbocycles. The van der Waals surface area contributed by atoms with E-state index in [1.54, 1.807) is 22.6 Å². The summed E-state index contributed by atoms with van der Waals surface area (Å²) in [5, 5.41) is 9.27. The molecule has 0 aliphatic heterocycles. The first-order valence-corrected chi connectivity index (χ1v) is 6.11. The number of pyridine rings is 1. The predicted octanol–water partition coefficient (Wildman–Crippen LogP) is 3.49. The van der Waals surface area contributed by atoms with Crippen molar-refractivity contribution in [3.63, 3.8) is 0 Å². The average Bonchev–Trinajstić information content (AvgIpc) is 2.76. The van der Waals surface area contributed by atoms with Crippen LogP contribution in [0.1, 0.15) is 10.4 Å². The monoisotopic (exact) mass is 290 g/mol. The first-order valence-electron chi connectivity index (χ1n) is 5.73. The number of imidazole rings is 1. The van der Waals surface area contributed by atoms with Gasteiger partial charge in [-0.3, -0.25) is 4.40 Å². The van der Waals surface area contributed by atoms with Crippen LogP contribution in [0, 0.1) is 5.82 Å². The summed E-state index contributed by atoms with van der Waals surface area (Å²) in [5.41, 5.74) is 1.19. The molecular weight excluding hydrogens is 283 g/mol. The third kappa shape index (κ3) is 2.02. The fourth-order valence-corrected chi connectivity index (χ4v) is 2.24. The van der Waals surface area contributed by atoms with Crippen LogP contribution in [0.4, 0.5) is 4.39 Å². The zero-order valence-corrected chi connectivity index (χ0v) is 10.8. The fraction of sp³-hybridized carbons (Fsp3) is 0. The van der Waals surface area contributed by atoms with Crippen molar-refractivity contribution in [2.24, 2.45) is 0 Å². The molecule has 3 aromatic rings. The number of benzene rings is 1. The molecule has 20 heavy (non-hydrogen) atoms. The summed E-state index contributed by atoms with van der Waals surface area (Å²) in [6, 6.07) is 8.90. The van der Waals surface area contributed by atoms with Gasteiger partial charge in [-0.2, -0.15) is 0 Å². The molecule has 0 spiro atoms. The van der Waals surface area contributed by atoms with E-state index < -0.39 is 11.8 Å². The third-order valence-corrected chi connectivity index (χ3v) is 3.20. The number of hydrogen-bond acceptors (Lipinski definition) is 2. The molecule has 6 heteroatoms. The van der Waals surface area contributed by atoms with Gasteiger partial charge in [-0.15, -0.1) is 0 Å². The van der Waals surface area contributed by atoms with E-state index in [-0.39, 0.29) is 10.7 Å². The van der Waals surface area contributed by atoms with Crippen molar-refractivity contribution >= 4 is 23.1 Å². The number of halogens is 2. The van der Waals surface area contributed by atoms with Gasteiger partial charge in [-0.05, 0) is 24.3 Å². The van der Waals surface area contributed by atoms with Crippen molar-refractivity contribution in [2.45, 2.75) is 0 Å². The number of aromatic carboxylic acids is 1. The fourth-order valence-electron chi connectivity index (χ4n) is 2.01. The Kier molecular flexibility index (Phi) is 2.91. The van der Waals surface area contributed by atoms with Crippen molar-refractivity contribution in [1.29, 1.82) is 0 Å². The maximum Gasteiger partial charge on any atom is 0.337 e. The molecule has 0 bridgehead atoms. The normalized spacial score (nSPS) is 10.9. The van der Waals surface area contributed by atoms with Gasteiger partial charge in [0.25, 0.3) is 0 Å². The molecule has 3 rings (SSSR count). The molecule has 0 atom stereocenters. The van der Waals surface area contributed by atoms with E-state index in [0.717, 1.165) is 0 Å². The molecular formula is C14H8ClFN2O2. The SMILES string of the molecule is O=C(O)c1ccc2c(Cl)nc(-c3cccc(F)c3)n2c1. The number of hydrogen-bond donors (Lipinski definition) is 1. The molecule has 100 valence electrons. The Balaban J connectivity index is 2.30. The second-order valence-electron chi connectivity index (χ2n) is 4.21. The molecule has 2 aromatic heterocycles. The molecule has 0 saturated carbocycles. The first-order chi connectivity index (χ1) is 9.56. The van der Waals surface area contributed by atoms with Gasteiger partial charge in [0.05, 0.1) is 11.1 Å². The van der Waals surface area contributed by atoms with Crippen LogP contribution in [0.25, 0.3) is 16.9 Å². The van der Waals surface area contributed by atoms with E-state index in [1.807, 2.05) is 0 Å². The van der Waals surface area contributed by atoms with Gasteiger partial charge in [0.15, 0.2) is 5.15 Å². The zero-order valence-electron chi connectivity index (χ0n) is 10.0. The smallest absolute Gasteiger partial charge is 0.337 e. The van der Waals surface area contributed by atoms with E-state index in [0.29, 0.717) is 16.9 Å². The summed E-state index contributed by atoms with van der Waals surface area (Å²) in [6.45, 7) is 0. The average molecular weight is 291 g/mol. The Morgan fingerprint density at radius 3 is 2.80 bits per heavy atom. The molecule has 0 saturated heterocycles. The quantitative estimate of drug-likeness (QED) is 0.786. The maximum absolute atomic E-state index is 13.3. The maximum atomic E-state index is 13.3. The third-order valence-electron chi connectivity index (χ3n) is 2.92. The van der Waals surface area contributed by atoms with Crippen molar-refractivity contribution in [3.8, 4) is 11.4 Å². The van der Waals surface area contributed by atoms with Gasteiger partial charge in [-0.25, -0.2) is 14.2 Å². The summed E-state index contributed by atoms with van der Waals surface area (Å²) < 4.78 is 14.8. The Morgan fingerprint density at radius 2 is 2.10 bits per heavy atom. The standard InChI is InChI=1S/C14H8ClFN2O2/c15-12-11-5-4-9(14(19)20)7-18(11)13(17-12)8-2-1-3-10(16)6-8/h1-7H,(H,19,20). The van der Waals surface area contributed by atoms with Crippen molar-refractivity contribution < 1.29 is 14.3 Å². The molecule has 1 N–H and O–H groups in total. The van der Waals surface area contributed by atoms with Crippen molar-refractivity contribution in [3.05, 3.63) is 59.1 Å². The van der Waals surface area contributed by atoms with Crippen LogP contribution in [0.15, 0.2) is 42.6 Å². The Hall–Kier alpha value is -2.40. The minimum absolute atomic E-state index is 0.101. The van der Waals surface area contributed by atoms with E-state index in [1.165, 1.54) is 24.4 Å². The van der Waals surface area contributed by atoms with Crippen LogP contribution in [-0.2, 0) is 0 Å². The number of carboxylic acid groups (broad SMARTS) is 1. The topological polar surface area (TPSA) is 54.6 Å². The highest BCUT2D eigenvalue weighted by Gasteiger charge is 2.14. The largest absolute Gasteiger partial charge is 0.478 e. The van der Waals surface area contributed by atoms with Crippen LogP contribution >= 0.6 is 11.6 Å². The second kappa shape index (κ2) is 4.61. The predicted molar refractivity (Wildman–Crippen MR) is 72.6 cm³/mol. The van der Waals surface area contributed by atoms with Crippen molar-refractivity contribution in [2.75, 3.05) is 0 Å². The lowest BCUT2D eigenvalue weighted by atomic mass is 10.2. The number of fused-ring (bicyclic) bond motifs is 1. The summed E-state index contributed by atoms with van der Waals surface area (Å²) in [6.07, 6.45) is 1.41. The number of nitrogens with zero attached hydrogens (tertiary/aromatic N) is 2. The molecule has 0 unspecified atom stereocenters. The van der Waals surface area contributed by atoms with Crippen molar-refractivity contribution in [1.82, 2.24) is 9.38 Å². The lowest BCUT2D eigenvalue weighted by Crippen LogP contribution is -1.99. The first kappa shape index (κ1) is 12.6. The van der Waals surface area contributed by atoms with Gasteiger partial charge >= 0.3 is 5.97 Å². The molecule has 4 nitrogen and oxygen atoms in total. The summed E-state index contributed by atoms with van der Waals surface area (Å²) in [5.74, 6) is -1.06. The number of aromatic nitrogens is 2. The Morgan fingerprint density at radius 1 is 1.30 bits per heavy atom. The molecule has 0 radical (unpaired) electrons. The number of carbonyl (C=O) groups is 1. The number of rotatable bonds is 2. The van der Waals surface area contributed by atoms with Crippen LogP contribution in [0.3, 0.4) is 0 Å². The molecule has 0 fully saturated rings. The van der Waals surface area contributed by atoms with Crippen LogP contribution in [-0.4, -0.2) is 20.5 Å². The van der Waals surface area contributed by atoms with Crippen LogP contribution in [0.2, 0.25) is 5.15 Å². The lowest BCUT2D eigenvalue weighted by molar-refractivity contribution is 0.0696. The highest BCUT2D eigenvalue weighted by molar-refractivity contribution is 6.32. The highest BCUT2D eigenvalue weighted by atomic mass is 35.5. The number of carboxylic acids is 1. The van der Waals surface area contributed by atoms with Crippen LogP contribution < -0.4 is 0 Å². The summed E-state index contributed by atoms with van der Waals surface area (Å²) >= 11 is 6.03. The Bertz CT molecular complexity index is 829. The van der Waals surface area contributed by atoms with Gasteiger partial charge < -0.3 is 5.11 Å². The summed E-state index contributed by atoms with van der Waals surface area (Å²) in [4.78, 5) is 15.2. The minimum atomic E-state index is -1.05. The second-order valence-corrected chi connectivity index (χ2v) is 4.57. The van der Waals surface area contributed by atoms with E-state index in [4.69, 9.17) is 16.7 Å². The van der Waals surface area contributed by atoms with E-state index in [9.17, 15) is 9.18 Å². The van der Waals surface area contributed by atoms with E-state index >= 15 is 0 Å². The van der Waals surface area contributed by atoms with Gasteiger partial charge in [0.2, 0.25) is 0 Å². The van der Waals surface area contributed by atoms with Gasteiger partial charge in [-0.1, -0.05) is 23.7 Å².